The van der Waals surface area contributed by atoms with Gasteiger partial charge in [0, 0.05) is 38.3 Å². The predicted octanol–water partition coefficient (Wildman–Crippen LogP) is 1.07. The number of thioether (sulfide) groups is 1. The van der Waals surface area contributed by atoms with E-state index in [1.165, 1.54) is 6.08 Å². The third-order valence-electron chi connectivity index (χ3n) is 4.21. The molecular weight excluding hydrogens is 420 g/mol. The Labute approximate surface area is 183 Å². The highest BCUT2D eigenvalue weighted by atomic mass is 32.2. The minimum Gasteiger partial charge on any atom is -0.395 e. The fraction of sp³-hybridized carbons (Fsp3) is 0.250. The second-order valence-corrected chi connectivity index (χ2v) is 7.54. The molecule has 10 nitrogen and oxygen atoms in total. The molecule has 0 radical (unpaired) electrons. The van der Waals surface area contributed by atoms with Gasteiger partial charge in [-0.2, -0.15) is 4.98 Å². The monoisotopic (exact) mass is 442 g/mol. The quantitative estimate of drug-likeness (QED) is 0.332. The summed E-state index contributed by atoms with van der Waals surface area (Å²) in [6, 6.07) is 10.5. The average molecular weight is 443 g/mol. The number of imide groups is 1. The Morgan fingerprint density at radius 3 is 2.68 bits per heavy atom. The summed E-state index contributed by atoms with van der Waals surface area (Å²) in [6.45, 7) is 1.01. The molecule has 0 atom stereocenters. The number of benzene rings is 1. The van der Waals surface area contributed by atoms with Gasteiger partial charge in [0.1, 0.15) is 5.82 Å². The Morgan fingerprint density at radius 2 is 2.00 bits per heavy atom. The summed E-state index contributed by atoms with van der Waals surface area (Å²) >= 11 is 0.801. The van der Waals surface area contributed by atoms with Crippen LogP contribution in [0.3, 0.4) is 0 Å². The largest absolute Gasteiger partial charge is 0.395 e. The van der Waals surface area contributed by atoms with Crippen LogP contribution in [0.15, 0.2) is 41.3 Å². The highest BCUT2D eigenvalue weighted by Gasteiger charge is 2.25. The van der Waals surface area contributed by atoms with E-state index < -0.39 is 11.1 Å². The Morgan fingerprint density at radius 1 is 1.23 bits per heavy atom. The van der Waals surface area contributed by atoms with E-state index in [1.807, 2.05) is 6.07 Å². The summed E-state index contributed by atoms with van der Waals surface area (Å²) in [6.07, 6.45) is 1.51. The van der Waals surface area contributed by atoms with Crippen molar-refractivity contribution in [3.63, 3.8) is 0 Å². The molecule has 1 saturated heterocycles. The molecule has 0 spiro atoms. The highest BCUT2D eigenvalue weighted by Crippen LogP contribution is 2.26. The molecule has 2 aromatic rings. The van der Waals surface area contributed by atoms with Crippen molar-refractivity contribution in [3.8, 4) is 0 Å². The van der Waals surface area contributed by atoms with E-state index in [0.29, 0.717) is 36.7 Å². The molecule has 3 rings (SSSR count). The molecule has 1 aromatic heterocycles. The minimum absolute atomic E-state index is 0.0576. The van der Waals surface area contributed by atoms with Crippen LogP contribution in [0.25, 0.3) is 6.08 Å². The number of carbonyl (C=O) groups is 3. The van der Waals surface area contributed by atoms with Crippen molar-refractivity contribution in [1.82, 2.24) is 20.6 Å². The lowest BCUT2D eigenvalue weighted by molar-refractivity contribution is -0.115. The second-order valence-electron chi connectivity index (χ2n) is 6.52. The van der Waals surface area contributed by atoms with Gasteiger partial charge < -0.3 is 20.6 Å². The van der Waals surface area contributed by atoms with Gasteiger partial charge in [-0.25, -0.2) is 4.98 Å². The normalized spacial score (nSPS) is 14.5. The van der Waals surface area contributed by atoms with Crippen molar-refractivity contribution < 1.29 is 19.5 Å². The van der Waals surface area contributed by atoms with Gasteiger partial charge in [-0.15, -0.1) is 0 Å². The molecule has 0 unspecified atom stereocenters. The molecule has 1 aliphatic heterocycles. The van der Waals surface area contributed by atoms with Crippen LogP contribution in [-0.4, -0.2) is 65.4 Å². The number of hydrogen-bond acceptors (Lipinski definition) is 9. The number of nitrogens with zero attached hydrogens (tertiary/aromatic N) is 3. The maximum atomic E-state index is 12.1. The topological polar surface area (TPSA) is 137 Å². The Kier molecular flexibility index (Phi) is 7.57. The Balaban J connectivity index is 1.69. The van der Waals surface area contributed by atoms with Crippen molar-refractivity contribution in [1.29, 1.82) is 0 Å². The van der Waals surface area contributed by atoms with E-state index in [2.05, 4.69) is 25.9 Å². The third kappa shape index (κ3) is 6.27. The maximum Gasteiger partial charge on any atom is 0.290 e. The molecule has 1 aliphatic rings. The number of aliphatic hydroxyl groups excluding tert-OH is 1. The van der Waals surface area contributed by atoms with Gasteiger partial charge in [0.2, 0.25) is 5.95 Å². The van der Waals surface area contributed by atoms with Gasteiger partial charge in [0.25, 0.3) is 17.1 Å². The van der Waals surface area contributed by atoms with Gasteiger partial charge in [-0.3, -0.25) is 19.7 Å². The first-order valence-electron chi connectivity index (χ1n) is 9.49. The molecule has 0 aliphatic carbocycles. The van der Waals surface area contributed by atoms with E-state index in [0.717, 1.165) is 11.8 Å². The lowest BCUT2D eigenvalue weighted by atomic mass is 10.2. The number of nitrogens with one attached hydrogen (secondary N) is 3. The van der Waals surface area contributed by atoms with Crippen LogP contribution >= 0.6 is 11.8 Å². The van der Waals surface area contributed by atoms with Crippen molar-refractivity contribution in [2.24, 2.45) is 0 Å². The molecule has 0 saturated carbocycles. The number of aromatic nitrogens is 2. The van der Waals surface area contributed by atoms with Gasteiger partial charge >= 0.3 is 0 Å². The van der Waals surface area contributed by atoms with E-state index in [-0.39, 0.29) is 23.4 Å². The summed E-state index contributed by atoms with van der Waals surface area (Å²) in [5, 5.41) is 16.8. The predicted molar refractivity (Wildman–Crippen MR) is 119 cm³/mol. The molecule has 1 aromatic carbocycles. The van der Waals surface area contributed by atoms with Gasteiger partial charge in [-0.1, -0.05) is 18.2 Å². The number of hydrogen-bond donors (Lipinski definition) is 4. The molecule has 11 heteroatoms. The van der Waals surface area contributed by atoms with Crippen LogP contribution < -0.4 is 20.9 Å². The van der Waals surface area contributed by atoms with Crippen LogP contribution in [0.1, 0.15) is 16.1 Å². The molecule has 162 valence electrons. The number of anilines is 2. The zero-order valence-electron chi connectivity index (χ0n) is 16.8. The molecule has 2 heterocycles. The van der Waals surface area contributed by atoms with Crippen LogP contribution in [0.5, 0.6) is 0 Å². The number of rotatable bonds is 9. The smallest absolute Gasteiger partial charge is 0.290 e. The maximum absolute atomic E-state index is 12.1. The number of aliphatic hydroxyl groups is 1. The molecule has 1 fully saturated rings. The first-order valence-corrected chi connectivity index (χ1v) is 10.3. The first kappa shape index (κ1) is 22.2. The first-order chi connectivity index (χ1) is 15.0. The second kappa shape index (κ2) is 10.5. The standard InChI is InChI=1S/C20H22N6O4S/c1-26(9-10-27)16-12-14(11-15-18(29)25-20(30)31-15)23-19(24-16)22-8-7-21-17(28)13-5-3-2-4-6-13/h2-6,11-12,27H,7-10H2,1H3,(H,21,28)(H,22,23,24)(H,25,29,30). The van der Waals surface area contributed by atoms with Crippen LogP contribution in [0, 0.1) is 0 Å². The lowest BCUT2D eigenvalue weighted by Gasteiger charge is -2.18. The average Bonchev–Trinajstić information content (AvgIpc) is 3.08. The van der Waals surface area contributed by atoms with E-state index in [4.69, 9.17) is 0 Å². The molecule has 0 bridgehead atoms. The minimum atomic E-state index is -0.475. The van der Waals surface area contributed by atoms with Crippen LogP contribution in [0.2, 0.25) is 0 Å². The Bertz CT molecular complexity index is 998. The molecular formula is C20H22N6O4S. The summed E-state index contributed by atoms with van der Waals surface area (Å²) in [4.78, 5) is 46.1. The summed E-state index contributed by atoms with van der Waals surface area (Å²) < 4.78 is 0. The highest BCUT2D eigenvalue weighted by molar-refractivity contribution is 8.18. The zero-order valence-corrected chi connectivity index (χ0v) is 17.6. The van der Waals surface area contributed by atoms with Gasteiger partial charge in [0.05, 0.1) is 17.2 Å². The fourth-order valence-electron chi connectivity index (χ4n) is 2.66. The van der Waals surface area contributed by atoms with Crippen molar-refractivity contribution in [2.45, 2.75) is 0 Å². The lowest BCUT2D eigenvalue weighted by Crippen LogP contribution is -2.29. The number of carbonyl (C=O) groups excluding carboxylic acids is 3. The van der Waals surface area contributed by atoms with Crippen LogP contribution in [0.4, 0.5) is 16.6 Å². The molecule has 4 N–H and O–H groups in total. The third-order valence-corrected chi connectivity index (χ3v) is 5.02. The zero-order chi connectivity index (χ0) is 22.2. The van der Waals surface area contributed by atoms with Crippen molar-refractivity contribution >= 4 is 46.7 Å². The molecule has 3 amide bonds. The SMILES string of the molecule is CN(CCO)c1cc(C=C2SC(=O)NC2=O)nc(NCCNC(=O)c2ccccc2)n1. The molecule has 31 heavy (non-hydrogen) atoms. The van der Waals surface area contributed by atoms with Gasteiger partial charge in [0.15, 0.2) is 0 Å². The summed E-state index contributed by atoms with van der Waals surface area (Å²) in [5.41, 5.74) is 1.00. The van der Waals surface area contributed by atoms with Gasteiger partial charge in [-0.05, 0) is 30.0 Å². The van der Waals surface area contributed by atoms with E-state index >= 15 is 0 Å². The number of likely N-dealkylation sites (N-methyl/N-ethyl adjacent to an activating group) is 1. The van der Waals surface area contributed by atoms with E-state index in [1.54, 1.807) is 42.3 Å². The van der Waals surface area contributed by atoms with Crippen LogP contribution in [-0.2, 0) is 4.79 Å². The van der Waals surface area contributed by atoms with E-state index in [9.17, 15) is 19.5 Å². The summed E-state index contributed by atoms with van der Waals surface area (Å²) in [7, 11) is 1.76. The summed E-state index contributed by atoms with van der Waals surface area (Å²) in [5.74, 6) is 0.162. The van der Waals surface area contributed by atoms with Crippen molar-refractivity contribution in [2.75, 3.05) is 43.5 Å². The Hall–Kier alpha value is -3.44. The fourth-order valence-corrected chi connectivity index (χ4v) is 3.33. The number of amides is 3. The van der Waals surface area contributed by atoms with Crippen molar-refractivity contribution in [3.05, 3.63) is 52.6 Å².